The standard InChI is InChI=1S/C9H18N2O5S/c1-10(5-4-9(13)16-2)17(14,15)11-6-3-8(12)7-11/h8,12H,3-7H2,1-2H3/t8-/m0/s1. The Morgan fingerprint density at radius 3 is 2.71 bits per heavy atom. The van der Waals surface area contributed by atoms with Crippen LogP contribution in [0, 0.1) is 0 Å². The summed E-state index contributed by atoms with van der Waals surface area (Å²) in [7, 11) is -0.913. The lowest BCUT2D eigenvalue weighted by Crippen LogP contribution is -2.41. The number of aliphatic hydroxyl groups excluding tert-OH is 1. The zero-order valence-corrected chi connectivity index (χ0v) is 10.8. The van der Waals surface area contributed by atoms with Crippen LogP contribution in [0.15, 0.2) is 0 Å². The number of rotatable bonds is 5. The fraction of sp³-hybridized carbons (Fsp3) is 0.889. The van der Waals surface area contributed by atoms with Gasteiger partial charge in [0.1, 0.15) is 0 Å². The number of carbonyl (C=O) groups is 1. The molecule has 0 aromatic carbocycles. The second-order valence-corrected chi connectivity index (χ2v) is 5.99. The molecule has 17 heavy (non-hydrogen) atoms. The number of hydrogen-bond donors (Lipinski definition) is 1. The van der Waals surface area contributed by atoms with Crippen molar-refractivity contribution in [2.75, 3.05) is 33.8 Å². The summed E-state index contributed by atoms with van der Waals surface area (Å²) in [6, 6.07) is 0. The molecule has 0 unspecified atom stereocenters. The molecule has 1 fully saturated rings. The average molecular weight is 266 g/mol. The van der Waals surface area contributed by atoms with Crippen LogP contribution in [0.4, 0.5) is 0 Å². The molecular formula is C9H18N2O5S. The molecule has 1 rings (SSSR count). The molecule has 1 atom stereocenters. The van der Waals surface area contributed by atoms with Crippen molar-refractivity contribution >= 4 is 16.2 Å². The summed E-state index contributed by atoms with van der Waals surface area (Å²) in [4.78, 5) is 10.9. The zero-order valence-electron chi connectivity index (χ0n) is 10.00. The van der Waals surface area contributed by atoms with E-state index in [9.17, 15) is 18.3 Å². The van der Waals surface area contributed by atoms with E-state index < -0.39 is 22.3 Å². The number of hydrogen-bond acceptors (Lipinski definition) is 5. The largest absolute Gasteiger partial charge is 0.469 e. The molecule has 8 heteroatoms. The van der Waals surface area contributed by atoms with Crippen molar-refractivity contribution in [1.29, 1.82) is 0 Å². The molecule has 0 aromatic heterocycles. The van der Waals surface area contributed by atoms with E-state index in [0.29, 0.717) is 13.0 Å². The molecule has 0 radical (unpaired) electrons. The van der Waals surface area contributed by atoms with Gasteiger partial charge in [-0.25, -0.2) is 0 Å². The Bertz CT molecular complexity index is 370. The van der Waals surface area contributed by atoms with E-state index in [1.807, 2.05) is 0 Å². The Balaban J connectivity index is 2.55. The Labute approximate surface area is 101 Å². The molecule has 0 bridgehead atoms. The van der Waals surface area contributed by atoms with E-state index in [1.165, 1.54) is 18.5 Å². The molecule has 0 aliphatic carbocycles. The molecule has 7 nitrogen and oxygen atoms in total. The number of aliphatic hydroxyl groups is 1. The van der Waals surface area contributed by atoms with Gasteiger partial charge in [-0.1, -0.05) is 0 Å². The number of ether oxygens (including phenoxy) is 1. The van der Waals surface area contributed by atoms with Gasteiger partial charge in [-0.2, -0.15) is 17.0 Å². The average Bonchev–Trinajstić information content (AvgIpc) is 2.72. The Morgan fingerprint density at radius 1 is 1.59 bits per heavy atom. The van der Waals surface area contributed by atoms with E-state index in [1.54, 1.807) is 0 Å². The second kappa shape index (κ2) is 5.76. The van der Waals surface area contributed by atoms with Gasteiger partial charge >= 0.3 is 5.97 Å². The van der Waals surface area contributed by atoms with Gasteiger partial charge < -0.3 is 9.84 Å². The summed E-state index contributed by atoms with van der Waals surface area (Å²) >= 11 is 0. The first-order chi connectivity index (χ1) is 7.87. The lowest BCUT2D eigenvalue weighted by atomic mass is 10.3. The van der Waals surface area contributed by atoms with Gasteiger partial charge in [-0.05, 0) is 6.42 Å². The predicted octanol–water partition coefficient (Wildman–Crippen LogP) is -1.21. The third kappa shape index (κ3) is 3.63. The van der Waals surface area contributed by atoms with Crippen molar-refractivity contribution in [3.63, 3.8) is 0 Å². The Kier molecular flexibility index (Phi) is 4.87. The monoisotopic (exact) mass is 266 g/mol. The smallest absolute Gasteiger partial charge is 0.306 e. The highest BCUT2D eigenvalue weighted by Gasteiger charge is 2.33. The van der Waals surface area contributed by atoms with Crippen molar-refractivity contribution in [3.8, 4) is 0 Å². The Morgan fingerprint density at radius 2 is 2.24 bits per heavy atom. The van der Waals surface area contributed by atoms with E-state index in [0.717, 1.165) is 4.31 Å². The highest BCUT2D eigenvalue weighted by atomic mass is 32.2. The fourth-order valence-corrected chi connectivity index (χ4v) is 3.00. The number of methoxy groups -OCH3 is 1. The van der Waals surface area contributed by atoms with E-state index >= 15 is 0 Å². The van der Waals surface area contributed by atoms with Crippen LogP contribution in [0.5, 0.6) is 0 Å². The summed E-state index contributed by atoms with van der Waals surface area (Å²) in [5, 5.41) is 9.30. The van der Waals surface area contributed by atoms with Crippen LogP contribution in [0.1, 0.15) is 12.8 Å². The molecular weight excluding hydrogens is 248 g/mol. The maximum absolute atomic E-state index is 12.0. The molecule has 1 saturated heterocycles. The Hall–Kier alpha value is -0.700. The van der Waals surface area contributed by atoms with Gasteiger partial charge in [-0.15, -0.1) is 0 Å². The molecule has 1 heterocycles. The summed E-state index contributed by atoms with van der Waals surface area (Å²) in [6.07, 6.45) is -0.133. The van der Waals surface area contributed by atoms with E-state index in [-0.39, 0.29) is 19.5 Å². The van der Waals surface area contributed by atoms with Crippen LogP contribution in [0.25, 0.3) is 0 Å². The van der Waals surface area contributed by atoms with Crippen molar-refractivity contribution in [3.05, 3.63) is 0 Å². The normalized spacial score (nSPS) is 22.0. The van der Waals surface area contributed by atoms with Gasteiger partial charge in [0, 0.05) is 26.7 Å². The number of nitrogens with zero attached hydrogens (tertiary/aromatic N) is 2. The topological polar surface area (TPSA) is 87.2 Å². The van der Waals surface area contributed by atoms with Crippen LogP contribution >= 0.6 is 0 Å². The first kappa shape index (κ1) is 14.4. The summed E-state index contributed by atoms with van der Waals surface area (Å²) in [5.74, 6) is -0.450. The number of carbonyl (C=O) groups excluding carboxylic acids is 1. The summed E-state index contributed by atoms with van der Waals surface area (Å²) in [5.41, 5.74) is 0. The lowest BCUT2D eigenvalue weighted by Gasteiger charge is -2.23. The minimum absolute atomic E-state index is 0.0165. The van der Waals surface area contributed by atoms with Crippen LogP contribution in [0.3, 0.4) is 0 Å². The van der Waals surface area contributed by atoms with Crippen molar-refractivity contribution < 1.29 is 23.1 Å². The molecule has 1 aliphatic heterocycles. The van der Waals surface area contributed by atoms with E-state index in [2.05, 4.69) is 4.74 Å². The van der Waals surface area contributed by atoms with Crippen molar-refractivity contribution in [2.24, 2.45) is 0 Å². The first-order valence-electron chi connectivity index (χ1n) is 5.34. The predicted molar refractivity (Wildman–Crippen MR) is 60.4 cm³/mol. The highest BCUT2D eigenvalue weighted by Crippen LogP contribution is 2.16. The molecule has 1 N–H and O–H groups in total. The highest BCUT2D eigenvalue weighted by molar-refractivity contribution is 7.86. The molecule has 0 saturated carbocycles. The maximum Gasteiger partial charge on any atom is 0.306 e. The van der Waals surface area contributed by atoms with Gasteiger partial charge in [0.25, 0.3) is 10.2 Å². The quantitative estimate of drug-likeness (QED) is 0.631. The molecule has 0 amide bonds. The van der Waals surface area contributed by atoms with Crippen LogP contribution < -0.4 is 0 Å². The van der Waals surface area contributed by atoms with Crippen LogP contribution in [-0.2, 0) is 19.7 Å². The van der Waals surface area contributed by atoms with Gasteiger partial charge in [0.2, 0.25) is 0 Å². The zero-order chi connectivity index (χ0) is 13.1. The van der Waals surface area contributed by atoms with Gasteiger partial charge in [0.05, 0.1) is 19.6 Å². The molecule has 0 spiro atoms. The summed E-state index contributed by atoms with van der Waals surface area (Å²) < 4.78 is 30.7. The summed E-state index contributed by atoms with van der Waals surface area (Å²) in [6.45, 7) is 0.499. The minimum Gasteiger partial charge on any atom is -0.469 e. The third-order valence-corrected chi connectivity index (χ3v) is 4.66. The van der Waals surface area contributed by atoms with Crippen LogP contribution in [-0.4, -0.2) is 68.0 Å². The van der Waals surface area contributed by atoms with Crippen molar-refractivity contribution in [2.45, 2.75) is 18.9 Å². The third-order valence-electron chi connectivity index (χ3n) is 2.70. The van der Waals surface area contributed by atoms with E-state index in [4.69, 9.17) is 0 Å². The molecule has 1 aliphatic rings. The first-order valence-corrected chi connectivity index (χ1v) is 6.74. The minimum atomic E-state index is -3.58. The fourth-order valence-electron chi connectivity index (χ4n) is 1.58. The van der Waals surface area contributed by atoms with Crippen LogP contribution in [0.2, 0.25) is 0 Å². The lowest BCUT2D eigenvalue weighted by molar-refractivity contribution is -0.140. The molecule has 100 valence electrons. The van der Waals surface area contributed by atoms with Gasteiger partial charge in [-0.3, -0.25) is 4.79 Å². The van der Waals surface area contributed by atoms with Crippen molar-refractivity contribution in [1.82, 2.24) is 8.61 Å². The molecule has 0 aromatic rings. The number of esters is 1. The van der Waals surface area contributed by atoms with Gasteiger partial charge in [0.15, 0.2) is 0 Å². The SMILES string of the molecule is COC(=O)CCN(C)S(=O)(=O)N1CC[C@H](O)C1. The number of β-amino-alcohol motifs (C(OH)–C–C–N with tert-alkyl or cyclic N) is 1. The second-order valence-electron chi connectivity index (χ2n) is 3.96. The maximum atomic E-state index is 12.0.